The predicted molar refractivity (Wildman–Crippen MR) is 68.3 cm³/mol. The molecule has 17 heavy (non-hydrogen) atoms. The number of aliphatic hydroxyl groups is 1. The third-order valence-electron chi connectivity index (χ3n) is 3.51. The van der Waals surface area contributed by atoms with Crippen molar-refractivity contribution >= 4 is 11.6 Å². The van der Waals surface area contributed by atoms with Gasteiger partial charge in [-0.1, -0.05) is 6.92 Å². The molecule has 1 aliphatic heterocycles. The topological polar surface area (TPSA) is 61.3 Å². The third-order valence-corrected chi connectivity index (χ3v) is 3.51. The Kier molecular flexibility index (Phi) is 3.47. The molecule has 0 bridgehead atoms. The summed E-state index contributed by atoms with van der Waals surface area (Å²) in [5, 5.41) is 13.0. The summed E-state index contributed by atoms with van der Waals surface area (Å²) in [7, 11) is 1.85. The maximum absolute atomic E-state index is 9.93. The highest BCUT2D eigenvalue weighted by Crippen LogP contribution is 2.26. The van der Waals surface area contributed by atoms with Gasteiger partial charge in [-0.25, -0.2) is 9.97 Å². The summed E-state index contributed by atoms with van der Waals surface area (Å²) in [5.74, 6) is 2.15. The second-order valence-electron chi connectivity index (χ2n) is 4.70. The highest BCUT2D eigenvalue weighted by atomic mass is 16.3. The minimum atomic E-state index is -0.267. The van der Waals surface area contributed by atoms with E-state index >= 15 is 0 Å². The molecule has 5 nitrogen and oxygen atoms in total. The minimum Gasteiger partial charge on any atom is -0.391 e. The van der Waals surface area contributed by atoms with Gasteiger partial charge >= 0.3 is 0 Å². The number of rotatable bonds is 2. The van der Waals surface area contributed by atoms with E-state index in [1.165, 1.54) is 0 Å². The molecule has 5 heteroatoms. The van der Waals surface area contributed by atoms with Crippen molar-refractivity contribution in [3.05, 3.63) is 11.9 Å². The first kappa shape index (κ1) is 12.1. The van der Waals surface area contributed by atoms with Gasteiger partial charge in [-0.15, -0.1) is 0 Å². The Labute approximate surface area is 102 Å². The number of aromatic nitrogens is 2. The van der Waals surface area contributed by atoms with E-state index in [0.717, 1.165) is 30.2 Å². The fourth-order valence-electron chi connectivity index (χ4n) is 2.25. The second kappa shape index (κ2) is 4.87. The van der Waals surface area contributed by atoms with Gasteiger partial charge in [-0.2, -0.15) is 0 Å². The van der Waals surface area contributed by atoms with Crippen LogP contribution in [0.4, 0.5) is 11.6 Å². The number of β-amino-alcohol motifs (C(OH)–C–C–N with tert-alkyl or cyclic N) is 1. The first-order valence-electron chi connectivity index (χ1n) is 6.06. The van der Waals surface area contributed by atoms with E-state index in [2.05, 4.69) is 27.1 Å². The molecule has 2 atom stereocenters. The van der Waals surface area contributed by atoms with Crippen LogP contribution in [-0.2, 0) is 0 Å². The monoisotopic (exact) mass is 236 g/mol. The average Bonchev–Trinajstić information content (AvgIpc) is 2.33. The maximum Gasteiger partial charge on any atom is 0.137 e. The Bertz CT molecular complexity index is 396. The number of hydrogen-bond acceptors (Lipinski definition) is 5. The fourth-order valence-corrected chi connectivity index (χ4v) is 2.25. The van der Waals surface area contributed by atoms with Crippen LogP contribution in [0, 0.1) is 12.8 Å². The fraction of sp³-hybridized carbons (Fsp3) is 0.667. The predicted octanol–water partition coefficient (Wildman–Crippen LogP) is 1.03. The van der Waals surface area contributed by atoms with E-state index in [-0.39, 0.29) is 6.10 Å². The summed E-state index contributed by atoms with van der Waals surface area (Å²) in [4.78, 5) is 10.6. The average molecular weight is 236 g/mol. The molecule has 2 heterocycles. The van der Waals surface area contributed by atoms with Crippen LogP contribution < -0.4 is 10.2 Å². The normalized spacial score (nSPS) is 24.8. The zero-order valence-corrected chi connectivity index (χ0v) is 10.6. The highest BCUT2D eigenvalue weighted by Gasteiger charge is 2.26. The van der Waals surface area contributed by atoms with Gasteiger partial charge in [-0.3, -0.25) is 0 Å². The molecule has 1 aromatic rings. The van der Waals surface area contributed by atoms with E-state index < -0.39 is 0 Å². The molecular weight excluding hydrogens is 216 g/mol. The van der Waals surface area contributed by atoms with Gasteiger partial charge in [0.25, 0.3) is 0 Å². The number of nitrogens with zero attached hydrogens (tertiary/aromatic N) is 3. The lowest BCUT2D eigenvalue weighted by atomic mass is 9.96. The first-order valence-corrected chi connectivity index (χ1v) is 6.06. The van der Waals surface area contributed by atoms with Crippen molar-refractivity contribution in [3.63, 3.8) is 0 Å². The van der Waals surface area contributed by atoms with Crippen LogP contribution in [0.5, 0.6) is 0 Å². The van der Waals surface area contributed by atoms with Crippen LogP contribution in [0.3, 0.4) is 0 Å². The largest absolute Gasteiger partial charge is 0.391 e. The van der Waals surface area contributed by atoms with Crippen molar-refractivity contribution in [2.24, 2.45) is 5.92 Å². The molecule has 2 rings (SSSR count). The Balaban J connectivity index is 2.23. The lowest BCUT2D eigenvalue weighted by molar-refractivity contribution is 0.102. The van der Waals surface area contributed by atoms with Crippen molar-refractivity contribution in [1.29, 1.82) is 0 Å². The van der Waals surface area contributed by atoms with Crippen molar-refractivity contribution in [2.75, 3.05) is 30.4 Å². The van der Waals surface area contributed by atoms with Crippen molar-refractivity contribution in [2.45, 2.75) is 26.4 Å². The van der Waals surface area contributed by atoms with Gasteiger partial charge < -0.3 is 15.3 Å². The van der Waals surface area contributed by atoms with E-state index in [1.54, 1.807) is 6.33 Å². The van der Waals surface area contributed by atoms with Crippen LogP contribution in [0.25, 0.3) is 0 Å². The summed E-state index contributed by atoms with van der Waals surface area (Å²) in [6.07, 6.45) is 2.30. The standard InChI is InChI=1S/C12H20N4O/c1-8-4-5-16(6-10(8)17)12-9(2)11(13-3)14-7-15-12/h7-8,10,17H,4-6H2,1-3H3,(H,13,14,15). The molecule has 1 saturated heterocycles. The number of aliphatic hydroxyl groups excluding tert-OH is 1. The molecule has 2 N–H and O–H groups in total. The Hall–Kier alpha value is -1.36. The van der Waals surface area contributed by atoms with Gasteiger partial charge in [0, 0.05) is 25.7 Å². The van der Waals surface area contributed by atoms with Crippen molar-refractivity contribution in [3.8, 4) is 0 Å². The van der Waals surface area contributed by atoms with Crippen LogP contribution in [-0.4, -0.2) is 41.3 Å². The summed E-state index contributed by atoms with van der Waals surface area (Å²) in [6, 6.07) is 0. The van der Waals surface area contributed by atoms with Crippen LogP contribution in [0.15, 0.2) is 6.33 Å². The highest BCUT2D eigenvalue weighted by molar-refractivity contribution is 5.57. The molecule has 1 aromatic heterocycles. The molecule has 0 aromatic carbocycles. The Morgan fingerprint density at radius 1 is 1.47 bits per heavy atom. The quantitative estimate of drug-likeness (QED) is 0.803. The lowest BCUT2D eigenvalue weighted by Gasteiger charge is -2.35. The molecule has 0 aliphatic carbocycles. The van der Waals surface area contributed by atoms with E-state index in [1.807, 2.05) is 14.0 Å². The van der Waals surface area contributed by atoms with Gasteiger partial charge in [0.2, 0.25) is 0 Å². The molecule has 2 unspecified atom stereocenters. The van der Waals surface area contributed by atoms with E-state index in [9.17, 15) is 5.11 Å². The third kappa shape index (κ3) is 2.34. The molecule has 0 radical (unpaired) electrons. The molecule has 1 fully saturated rings. The molecular formula is C12H20N4O. The summed E-state index contributed by atoms with van der Waals surface area (Å²) in [6.45, 7) is 5.70. The first-order chi connectivity index (χ1) is 8.13. The number of hydrogen-bond donors (Lipinski definition) is 2. The smallest absolute Gasteiger partial charge is 0.137 e. The number of piperidine rings is 1. The molecule has 0 spiro atoms. The van der Waals surface area contributed by atoms with Gasteiger partial charge in [0.1, 0.15) is 18.0 Å². The Morgan fingerprint density at radius 2 is 2.24 bits per heavy atom. The number of anilines is 2. The molecule has 94 valence electrons. The van der Waals surface area contributed by atoms with Crippen molar-refractivity contribution in [1.82, 2.24) is 9.97 Å². The van der Waals surface area contributed by atoms with Gasteiger partial charge in [0.15, 0.2) is 0 Å². The molecule has 1 aliphatic rings. The SMILES string of the molecule is CNc1ncnc(N2CCC(C)C(O)C2)c1C. The summed E-state index contributed by atoms with van der Waals surface area (Å²) in [5.41, 5.74) is 1.04. The van der Waals surface area contributed by atoms with E-state index in [0.29, 0.717) is 12.5 Å². The van der Waals surface area contributed by atoms with Crippen LogP contribution in [0.1, 0.15) is 18.9 Å². The lowest BCUT2D eigenvalue weighted by Crippen LogP contribution is -2.43. The second-order valence-corrected chi connectivity index (χ2v) is 4.70. The number of nitrogens with one attached hydrogen (secondary N) is 1. The molecule has 0 amide bonds. The summed E-state index contributed by atoms with van der Waals surface area (Å²) < 4.78 is 0. The van der Waals surface area contributed by atoms with Crippen molar-refractivity contribution < 1.29 is 5.11 Å². The zero-order valence-electron chi connectivity index (χ0n) is 10.6. The van der Waals surface area contributed by atoms with E-state index in [4.69, 9.17) is 0 Å². The maximum atomic E-state index is 9.93. The zero-order chi connectivity index (χ0) is 12.4. The van der Waals surface area contributed by atoms with Gasteiger partial charge in [-0.05, 0) is 19.3 Å². The summed E-state index contributed by atoms with van der Waals surface area (Å²) >= 11 is 0. The minimum absolute atomic E-state index is 0.267. The van der Waals surface area contributed by atoms with Gasteiger partial charge in [0.05, 0.1) is 6.10 Å². The van der Waals surface area contributed by atoms with Crippen LogP contribution in [0.2, 0.25) is 0 Å². The Morgan fingerprint density at radius 3 is 2.88 bits per heavy atom. The molecule has 0 saturated carbocycles. The van der Waals surface area contributed by atoms with Crippen LogP contribution >= 0.6 is 0 Å².